The fourth-order valence-corrected chi connectivity index (χ4v) is 1.70. The molecule has 2 N–H and O–H groups in total. The van der Waals surface area contributed by atoms with Crippen molar-refractivity contribution in [2.45, 2.75) is 13.3 Å². The van der Waals surface area contributed by atoms with Crippen molar-refractivity contribution in [2.75, 3.05) is 6.54 Å². The summed E-state index contributed by atoms with van der Waals surface area (Å²) in [6.07, 6.45) is 1.77. The Hall–Kier alpha value is -2.07. The molecule has 0 aliphatic heterocycles. The quantitative estimate of drug-likeness (QED) is 0.793. The zero-order valence-corrected chi connectivity index (χ0v) is 11.9. The van der Waals surface area contributed by atoms with Gasteiger partial charge >= 0.3 is 5.97 Å². The highest BCUT2D eigenvalue weighted by molar-refractivity contribution is 6.30. The number of aliphatic carboxylic acids is 1. The second-order valence-electron chi connectivity index (χ2n) is 4.32. The normalized spacial score (nSPS) is 11.0. The first-order valence-corrected chi connectivity index (χ1v) is 6.41. The molecule has 0 radical (unpaired) electrons. The van der Waals surface area contributed by atoms with Gasteiger partial charge in [-0.25, -0.2) is 4.79 Å². The number of carbonyl (C=O) groups is 2. The predicted octanol–water partition coefficient (Wildman–Crippen LogP) is 2.89. The Balaban J connectivity index is 2.72. The molecule has 0 unspecified atom stereocenters. The SMILES string of the molecule is C=C(C)C(=O)NCC/C(=C\c1cccc(Cl)c1)C(=O)O. The van der Waals surface area contributed by atoms with Crippen LogP contribution in [0, 0.1) is 0 Å². The summed E-state index contributed by atoms with van der Waals surface area (Å²) < 4.78 is 0. The number of rotatable bonds is 6. The van der Waals surface area contributed by atoms with Crippen LogP contribution in [0.1, 0.15) is 18.9 Å². The monoisotopic (exact) mass is 293 g/mol. The fourth-order valence-electron chi connectivity index (χ4n) is 1.50. The Morgan fingerprint density at radius 3 is 2.70 bits per heavy atom. The van der Waals surface area contributed by atoms with E-state index in [0.29, 0.717) is 16.2 Å². The van der Waals surface area contributed by atoms with Crippen LogP contribution in [-0.4, -0.2) is 23.5 Å². The Kier molecular flexibility index (Phi) is 6.00. The maximum atomic E-state index is 11.3. The van der Waals surface area contributed by atoms with Crippen LogP contribution in [0.3, 0.4) is 0 Å². The van der Waals surface area contributed by atoms with E-state index in [2.05, 4.69) is 11.9 Å². The third-order valence-corrected chi connectivity index (χ3v) is 2.77. The first kappa shape index (κ1) is 16.0. The maximum Gasteiger partial charge on any atom is 0.331 e. The van der Waals surface area contributed by atoms with Crippen LogP contribution in [0.2, 0.25) is 5.02 Å². The molecule has 1 rings (SSSR count). The maximum absolute atomic E-state index is 11.3. The van der Waals surface area contributed by atoms with Crippen LogP contribution in [-0.2, 0) is 9.59 Å². The van der Waals surface area contributed by atoms with Gasteiger partial charge in [-0.15, -0.1) is 0 Å². The third-order valence-electron chi connectivity index (χ3n) is 2.53. The zero-order chi connectivity index (χ0) is 15.1. The minimum atomic E-state index is -1.02. The molecule has 0 fully saturated rings. The van der Waals surface area contributed by atoms with Gasteiger partial charge in [0, 0.05) is 22.7 Å². The van der Waals surface area contributed by atoms with Crippen LogP contribution in [0.4, 0.5) is 0 Å². The molecule has 1 aromatic carbocycles. The van der Waals surface area contributed by atoms with Gasteiger partial charge in [-0.2, -0.15) is 0 Å². The number of carboxylic acid groups (broad SMARTS) is 1. The van der Waals surface area contributed by atoms with Gasteiger partial charge in [-0.3, -0.25) is 4.79 Å². The summed E-state index contributed by atoms with van der Waals surface area (Å²) in [4.78, 5) is 22.5. The van der Waals surface area contributed by atoms with Gasteiger partial charge in [-0.05, 0) is 37.1 Å². The molecule has 0 aliphatic carbocycles. The fraction of sp³-hybridized carbons (Fsp3) is 0.200. The van der Waals surface area contributed by atoms with Crippen molar-refractivity contribution in [3.63, 3.8) is 0 Å². The van der Waals surface area contributed by atoms with Crippen molar-refractivity contribution in [3.8, 4) is 0 Å². The Bertz CT molecular complexity index is 564. The lowest BCUT2D eigenvalue weighted by Gasteiger charge is -2.06. The van der Waals surface area contributed by atoms with Gasteiger partial charge in [0.2, 0.25) is 5.91 Å². The second-order valence-corrected chi connectivity index (χ2v) is 4.75. The molecule has 1 aromatic rings. The van der Waals surface area contributed by atoms with Crippen molar-refractivity contribution in [1.29, 1.82) is 0 Å². The molecular formula is C15H16ClNO3. The number of benzene rings is 1. The molecule has 0 saturated heterocycles. The molecule has 1 amide bonds. The minimum Gasteiger partial charge on any atom is -0.478 e. The number of carbonyl (C=O) groups excluding carboxylic acids is 1. The van der Waals surface area contributed by atoms with Gasteiger partial charge < -0.3 is 10.4 Å². The minimum absolute atomic E-state index is 0.203. The van der Waals surface area contributed by atoms with E-state index in [-0.39, 0.29) is 24.4 Å². The van der Waals surface area contributed by atoms with E-state index in [1.807, 2.05) is 0 Å². The van der Waals surface area contributed by atoms with Crippen LogP contribution in [0.5, 0.6) is 0 Å². The zero-order valence-electron chi connectivity index (χ0n) is 11.1. The van der Waals surface area contributed by atoms with Gasteiger partial charge in [0.25, 0.3) is 0 Å². The van der Waals surface area contributed by atoms with E-state index in [0.717, 1.165) is 0 Å². The molecule has 20 heavy (non-hydrogen) atoms. The highest BCUT2D eigenvalue weighted by Crippen LogP contribution is 2.15. The van der Waals surface area contributed by atoms with Crippen LogP contribution < -0.4 is 5.32 Å². The smallest absolute Gasteiger partial charge is 0.331 e. The van der Waals surface area contributed by atoms with Gasteiger partial charge in [0.1, 0.15) is 0 Å². The van der Waals surface area contributed by atoms with Crippen LogP contribution >= 0.6 is 11.6 Å². The number of nitrogens with one attached hydrogen (secondary N) is 1. The van der Waals surface area contributed by atoms with E-state index in [9.17, 15) is 9.59 Å². The lowest BCUT2D eigenvalue weighted by Crippen LogP contribution is -2.25. The van der Waals surface area contributed by atoms with Gasteiger partial charge in [0.05, 0.1) is 0 Å². The molecule has 0 bridgehead atoms. The average molecular weight is 294 g/mol. The van der Waals surface area contributed by atoms with Crippen molar-refractivity contribution in [1.82, 2.24) is 5.32 Å². The second kappa shape index (κ2) is 7.50. The summed E-state index contributed by atoms with van der Waals surface area (Å²) in [5.41, 5.74) is 1.30. The van der Waals surface area contributed by atoms with Crippen molar-refractivity contribution in [2.24, 2.45) is 0 Å². The molecule has 0 aliphatic rings. The molecule has 0 aromatic heterocycles. The molecular weight excluding hydrogens is 278 g/mol. The van der Waals surface area contributed by atoms with Gasteiger partial charge in [-0.1, -0.05) is 30.3 Å². The summed E-state index contributed by atoms with van der Waals surface area (Å²) in [5.74, 6) is -1.30. The number of carboxylic acids is 1. The van der Waals surface area contributed by atoms with Gasteiger partial charge in [0.15, 0.2) is 0 Å². The number of amides is 1. The number of hydrogen-bond acceptors (Lipinski definition) is 2. The highest BCUT2D eigenvalue weighted by Gasteiger charge is 2.08. The topological polar surface area (TPSA) is 66.4 Å². The molecule has 0 heterocycles. The van der Waals surface area contributed by atoms with Crippen molar-refractivity contribution in [3.05, 3.63) is 52.6 Å². The molecule has 5 heteroatoms. The first-order chi connectivity index (χ1) is 9.40. The molecule has 0 spiro atoms. The van der Waals surface area contributed by atoms with E-state index in [1.54, 1.807) is 37.3 Å². The molecule has 0 atom stereocenters. The third kappa shape index (κ3) is 5.28. The Morgan fingerprint density at radius 2 is 2.15 bits per heavy atom. The summed E-state index contributed by atoms with van der Waals surface area (Å²) in [6.45, 7) is 5.34. The highest BCUT2D eigenvalue weighted by atomic mass is 35.5. The molecule has 0 saturated carbocycles. The van der Waals surface area contributed by atoms with E-state index in [1.165, 1.54) is 0 Å². The number of halogens is 1. The first-order valence-electron chi connectivity index (χ1n) is 6.03. The van der Waals surface area contributed by atoms with Crippen molar-refractivity contribution >= 4 is 29.6 Å². The Morgan fingerprint density at radius 1 is 1.45 bits per heavy atom. The van der Waals surface area contributed by atoms with Crippen LogP contribution in [0.25, 0.3) is 6.08 Å². The molecule has 4 nitrogen and oxygen atoms in total. The van der Waals surface area contributed by atoms with E-state index >= 15 is 0 Å². The molecule has 106 valence electrons. The summed E-state index contributed by atoms with van der Waals surface area (Å²) in [7, 11) is 0. The largest absolute Gasteiger partial charge is 0.478 e. The Labute approximate surface area is 122 Å². The summed E-state index contributed by atoms with van der Waals surface area (Å²) in [6, 6.07) is 6.90. The lowest BCUT2D eigenvalue weighted by atomic mass is 10.1. The standard InChI is InChI=1S/C15H16ClNO3/c1-10(2)14(18)17-7-6-12(15(19)20)8-11-4-3-5-13(16)9-11/h3-5,8-9H,1,6-7H2,2H3,(H,17,18)(H,19,20)/b12-8+. The summed E-state index contributed by atoms with van der Waals surface area (Å²) in [5, 5.41) is 12.3. The average Bonchev–Trinajstić information content (AvgIpc) is 2.37. The van der Waals surface area contributed by atoms with E-state index in [4.69, 9.17) is 16.7 Å². The lowest BCUT2D eigenvalue weighted by molar-refractivity contribution is -0.132. The predicted molar refractivity (Wildman–Crippen MR) is 79.5 cm³/mol. The van der Waals surface area contributed by atoms with E-state index < -0.39 is 5.97 Å². The summed E-state index contributed by atoms with van der Waals surface area (Å²) >= 11 is 5.85. The van der Waals surface area contributed by atoms with Crippen molar-refractivity contribution < 1.29 is 14.7 Å². The van der Waals surface area contributed by atoms with Crippen LogP contribution in [0.15, 0.2) is 42.0 Å². The number of hydrogen-bond donors (Lipinski definition) is 2.